The Morgan fingerprint density at radius 2 is 2.00 bits per heavy atom. The topological polar surface area (TPSA) is 99.9 Å². The third kappa shape index (κ3) is 3.35. The van der Waals surface area contributed by atoms with Gasteiger partial charge in [0, 0.05) is 33.3 Å². The summed E-state index contributed by atoms with van der Waals surface area (Å²) in [6.07, 6.45) is 3.15. The first-order valence-corrected chi connectivity index (χ1v) is 11.0. The molecule has 1 saturated heterocycles. The Balaban J connectivity index is 1.48. The van der Waals surface area contributed by atoms with Crippen molar-refractivity contribution in [2.45, 2.75) is 25.0 Å². The Hall–Kier alpha value is -3.15. The van der Waals surface area contributed by atoms with E-state index in [2.05, 4.69) is 20.0 Å². The van der Waals surface area contributed by atoms with Crippen molar-refractivity contribution in [2.24, 2.45) is 0 Å². The number of halogens is 1. The van der Waals surface area contributed by atoms with Gasteiger partial charge in [0.15, 0.2) is 0 Å². The number of aromatic nitrogens is 5. The molecule has 6 rings (SSSR count). The molecule has 1 saturated carbocycles. The smallest absolute Gasteiger partial charge is 0.277 e. The second kappa shape index (κ2) is 7.72. The summed E-state index contributed by atoms with van der Waals surface area (Å²) in [7, 11) is 1.61. The Kier molecular flexibility index (Phi) is 4.78. The maximum atomic E-state index is 14.2. The molecule has 1 aliphatic carbocycles. The van der Waals surface area contributed by atoms with E-state index in [1.54, 1.807) is 22.1 Å². The molecule has 0 unspecified atom stereocenters. The lowest BCUT2D eigenvalue weighted by molar-refractivity contribution is 0.0364. The largest absolute Gasteiger partial charge is 0.379 e. The second-order valence-electron chi connectivity index (χ2n) is 8.48. The Morgan fingerprint density at radius 1 is 1.18 bits per heavy atom. The van der Waals surface area contributed by atoms with E-state index < -0.39 is 11.4 Å². The van der Waals surface area contributed by atoms with Crippen molar-refractivity contribution in [3.63, 3.8) is 0 Å². The van der Waals surface area contributed by atoms with Gasteiger partial charge in [-0.25, -0.2) is 9.37 Å². The molecule has 33 heavy (non-hydrogen) atoms. The van der Waals surface area contributed by atoms with Crippen LogP contribution in [0.15, 0.2) is 33.8 Å². The molecule has 4 heterocycles. The third-order valence-corrected chi connectivity index (χ3v) is 6.57. The first-order chi connectivity index (χ1) is 16.1. The lowest BCUT2D eigenvalue weighted by Crippen LogP contribution is -2.39. The molecule has 0 amide bonds. The molecule has 0 N–H and O–H groups in total. The average Bonchev–Trinajstić information content (AvgIpc) is 3.25. The number of benzene rings is 1. The highest BCUT2D eigenvalue weighted by atomic mass is 19.1. The molecule has 172 valence electrons. The van der Waals surface area contributed by atoms with Gasteiger partial charge in [-0.05, 0) is 31.0 Å². The van der Waals surface area contributed by atoms with Gasteiger partial charge in [0.2, 0.25) is 5.82 Å². The predicted molar refractivity (Wildman–Crippen MR) is 115 cm³/mol. The number of fused-ring (bicyclic) bond motifs is 3. The summed E-state index contributed by atoms with van der Waals surface area (Å²) in [5.74, 6) is 0.213. The molecule has 11 heteroatoms. The van der Waals surface area contributed by atoms with E-state index in [4.69, 9.17) is 14.0 Å². The van der Waals surface area contributed by atoms with Crippen molar-refractivity contribution < 1.29 is 18.4 Å². The molecule has 4 aromatic rings. The van der Waals surface area contributed by atoms with Crippen molar-refractivity contribution in [2.75, 3.05) is 40.0 Å². The van der Waals surface area contributed by atoms with Gasteiger partial charge < -0.3 is 18.6 Å². The van der Waals surface area contributed by atoms with Gasteiger partial charge >= 0.3 is 0 Å². The van der Waals surface area contributed by atoms with E-state index in [-0.39, 0.29) is 11.4 Å². The quantitative estimate of drug-likeness (QED) is 0.435. The number of nitrogens with zero attached hydrogens (tertiary/aromatic N) is 6. The maximum absolute atomic E-state index is 14.2. The Bertz CT molecular complexity index is 1400. The standard InChI is InChI=1S/C22H23FN6O4/c1-31-22(4-5-22)21-25-19(26-33-21)17-18-20(30)28(7-6-27-8-10-32-11-9-27)16-12-14(23)2-3-15(16)29(18)13-24-17/h2-3,12-13H,4-11H2,1H3. The number of rotatable bonds is 6. The summed E-state index contributed by atoms with van der Waals surface area (Å²) in [4.78, 5) is 24.8. The number of hydrogen-bond acceptors (Lipinski definition) is 8. The predicted octanol–water partition coefficient (Wildman–Crippen LogP) is 1.81. The molecule has 2 aliphatic rings. The minimum absolute atomic E-state index is 0.231. The zero-order valence-electron chi connectivity index (χ0n) is 18.2. The van der Waals surface area contributed by atoms with Gasteiger partial charge in [-0.2, -0.15) is 4.98 Å². The number of ether oxygens (including phenoxy) is 2. The molecule has 0 radical (unpaired) electrons. The van der Waals surface area contributed by atoms with Crippen LogP contribution in [0, 0.1) is 5.82 Å². The number of imidazole rings is 1. The molecule has 2 fully saturated rings. The van der Waals surface area contributed by atoms with Gasteiger partial charge in [-0.1, -0.05) is 5.16 Å². The van der Waals surface area contributed by atoms with Crippen LogP contribution in [0.2, 0.25) is 0 Å². The van der Waals surface area contributed by atoms with Crippen LogP contribution < -0.4 is 5.56 Å². The van der Waals surface area contributed by atoms with Crippen molar-refractivity contribution in [1.29, 1.82) is 0 Å². The first kappa shape index (κ1) is 20.5. The summed E-state index contributed by atoms with van der Waals surface area (Å²) in [5, 5.41) is 4.08. The van der Waals surface area contributed by atoms with E-state index in [9.17, 15) is 9.18 Å². The van der Waals surface area contributed by atoms with Gasteiger partial charge in [-0.3, -0.25) is 14.1 Å². The molecular formula is C22H23FN6O4. The van der Waals surface area contributed by atoms with E-state index in [1.165, 1.54) is 18.5 Å². The highest BCUT2D eigenvalue weighted by Gasteiger charge is 2.50. The van der Waals surface area contributed by atoms with Crippen LogP contribution in [0.5, 0.6) is 0 Å². The minimum atomic E-state index is -0.538. The zero-order chi connectivity index (χ0) is 22.6. The van der Waals surface area contributed by atoms with E-state index in [0.29, 0.717) is 54.4 Å². The van der Waals surface area contributed by atoms with Gasteiger partial charge in [-0.15, -0.1) is 0 Å². The van der Waals surface area contributed by atoms with Crippen LogP contribution in [0.3, 0.4) is 0 Å². The van der Waals surface area contributed by atoms with E-state index in [1.807, 2.05) is 0 Å². The molecule has 0 spiro atoms. The van der Waals surface area contributed by atoms with Gasteiger partial charge in [0.05, 0.1) is 24.2 Å². The summed E-state index contributed by atoms with van der Waals surface area (Å²) in [6, 6.07) is 4.41. The van der Waals surface area contributed by atoms with E-state index in [0.717, 1.165) is 25.9 Å². The van der Waals surface area contributed by atoms with Crippen molar-refractivity contribution >= 4 is 16.6 Å². The number of morpholine rings is 1. The number of methoxy groups -OCH3 is 1. The molecule has 3 aromatic heterocycles. The van der Waals surface area contributed by atoms with Gasteiger partial charge in [0.1, 0.15) is 29.0 Å². The lowest BCUT2D eigenvalue weighted by Gasteiger charge is -2.27. The fraction of sp³-hybridized carbons (Fsp3) is 0.455. The molecule has 0 atom stereocenters. The molecule has 1 aromatic carbocycles. The summed E-state index contributed by atoms with van der Waals surface area (Å²) < 4.78 is 33.8. The maximum Gasteiger partial charge on any atom is 0.277 e. The van der Waals surface area contributed by atoms with Crippen LogP contribution in [0.1, 0.15) is 18.7 Å². The van der Waals surface area contributed by atoms with Crippen LogP contribution in [0.25, 0.3) is 28.1 Å². The fourth-order valence-electron chi connectivity index (χ4n) is 4.46. The highest BCUT2D eigenvalue weighted by Crippen LogP contribution is 2.48. The van der Waals surface area contributed by atoms with Crippen molar-refractivity contribution in [3.05, 3.63) is 46.6 Å². The lowest BCUT2D eigenvalue weighted by atomic mass is 10.2. The second-order valence-corrected chi connectivity index (χ2v) is 8.48. The van der Waals surface area contributed by atoms with Crippen LogP contribution >= 0.6 is 0 Å². The van der Waals surface area contributed by atoms with Crippen molar-refractivity contribution in [3.8, 4) is 11.5 Å². The van der Waals surface area contributed by atoms with E-state index >= 15 is 0 Å². The fourth-order valence-corrected chi connectivity index (χ4v) is 4.46. The molecule has 1 aliphatic heterocycles. The Morgan fingerprint density at radius 3 is 2.76 bits per heavy atom. The minimum Gasteiger partial charge on any atom is -0.379 e. The normalized spacial score (nSPS) is 18.4. The monoisotopic (exact) mass is 454 g/mol. The van der Waals surface area contributed by atoms with Crippen molar-refractivity contribution in [1.82, 2.24) is 29.0 Å². The molecule has 10 nitrogen and oxygen atoms in total. The Labute approximate surface area is 187 Å². The average molecular weight is 454 g/mol. The third-order valence-electron chi connectivity index (χ3n) is 6.57. The SMILES string of the molecule is COC1(c2nc(-c3ncn4c3c(=O)n(CCN3CCOCC3)c3cc(F)ccc34)no2)CC1. The van der Waals surface area contributed by atoms with Gasteiger partial charge in [0.25, 0.3) is 11.4 Å². The summed E-state index contributed by atoms with van der Waals surface area (Å²) in [6.45, 7) is 3.99. The number of hydrogen-bond donors (Lipinski definition) is 0. The molecule has 0 bridgehead atoms. The first-order valence-electron chi connectivity index (χ1n) is 11.0. The zero-order valence-corrected chi connectivity index (χ0v) is 18.2. The summed E-state index contributed by atoms with van der Waals surface area (Å²) in [5.41, 5.74) is 1.01. The van der Waals surface area contributed by atoms with Crippen LogP contribution in [-0.2, 0) is 21.6 Å². The highest BCUT2D eigenvalue weighted by molar-refractivity contribution is 5.83. The van der Waals surface area contributed by atoms with Crippen LogP contribution in [0.4, 0.5) is 4.39 Å². The molecular weight excluding hydrogens is 431 g/mol. The van der Waals surface area contributed by atoms with Crippen LogP contribution in [-0.4, -0.2) is 69.0 Å². The summed E-state index contributed by atoms with van der Waals surface area (Å²) >= 11 is 0.